The van der Waals surface area contributed by atoms with E-state index in [-0.39, 0.29) is 0 Å². The van der Waals surface area contributed by atoms with Gasteiger partial charge in [0.2, 0.25) is 0 Å². The van der Waals surface area contributed by atoms with Crippen molar-refractivity contribution < 1.29 is 0 Å². The maximum absolute atomic E-state index is 3.96. The highest BCUT2D eigenvalue weighted by Crippen LogP contribution is 2.18. The summed E-state index contributed by atoms with van der Waals surface area (Å²) in [5, 5.41) is 0. The van der Waals surface area contributed by atoms with Crippen molar-refractivity contribution in [2.75, 3.05) is 0 Å². The van der Waals surface area contributed by atoms with Crippen LogP contribution < -0.4 is 0 Å². The first-order chi connectivity index (χ1) is 18.3. The van der Waals surface area contributed by atoms with Crippen molar-refractivity contribution in [1.82, 2.24) is 0 Å². The van der Waals surface area contributed by atoms with Crippen LogP contribution in [0, 0.1) is 12.3 Å². The average molecular weight is 539 g/mol. The second-order valence-corrected chi connectivity index (χ2v) is 10.6. The molecule has 39 heavy (non-hydrogen) atoms. The van der Waals surface area contributed by atoms with Gasteiger partial charge in [-0.1, -0.05) is 162 Å². The molecule has 0 aromatic heterocycles. The Labute approximate surface area is 248 Å². The van der Waals surface area contributed by atoms with Gasteiger partial charge in [-0.3, -0.25) is 0 Å². The molecule has 0 saturated heterocycles. The maximum Gasteiger partial charge on any atom is -0.00613 e. The molecule has 0 saturated carbocycles. The third-order valence-electron chi connectivity index (χ3n) is 4.47. The molecule has 0 nitrogen and oxygen atoms in total. The number of aryl methyl sites for hydroxylation is 1. The lowest BCUT2D eigenvalue weighted by molar-refractivity contribution is 0.469. The number of hydrogen-bond acceptors (Lipinski definition) is 0. The normalized spacial score (nSPS) is 10.7. The minimum atomic E-state index is 0.500. The lowest BCUT2D eigenvalue weighted by atomic mass is 9.96. The monoisotopic (exact) mass is 539 g/mol. The fourth-order valence-corrected chi connectivity index (χ4v) is 2.68. The summed E-state index contributed by atoms with van der Waals surface area (Å²) in [4.78, 5) is 0. The van der Waals surface area contributed by atoms with Gasteiger partial charge in [-0.2, -0.15) is 0 Å². The summed E-state index contributed by atoms with van der Waals surface area (Å²) >= 11 is 0. The van der Waals surface area contributed by atoms with Crippen LogP contribution in [0.2, 0.25) is 0 Å². The summed E-state index contributed by atoms with van der Waals surface area (Å²) in [6.07, 6.45) is 15.6. The van der Waals surface area contributed by atoms with E-state index in [0.717, 1.165) is 25.7 Å². The van der Waals surface area contributed by atoms with Gasteiger partial charge in [0.25, 0.3) is 0 Å². The molecular weight excluding hydrogens is 468 g/mol. The molecule has 226 valence electrons. The fourth-order valence-electron chi connectivity index (χ4n) is 2.68. The standard InChI is InChI=1S/C17H22.C10H16.C5H12.C3H8.2C2H6/c1-5-8-16(12-11-14(2)3)13-17-10-7-6-9-15(17)4;1-5-8-10(7-3)9(4)6-2;1-5(2,3)4;1-3-2;2*1-2/h5-10H,1-2,11-13H2,3-4H3;5-6,8H,2,7H2,1,3-4H3;1-4H3;3H2,1-2H3;2*1-2H3/b16-8+;8-5+,10-9-;;;;. The molecule has 0 bridgehead atoms. The largest absolute Gasteiger partial charge is 0.100 e. The lowest BCUT2D eigenvalue weighted by Crippen LogP contribution is -1.94. The van der Waals surface area contributed by atoms with Gasteiger partial charge < -0.3 is 0 Å². The second-order valence-electron chi connectivity index (χ2n) is 10.6. The molecule has 0 unspecified atom stereocenters. The highest BCUT2D eigenvalue weighted by atomic mass is 14.1. The molecule has 0 aliphatic carbocycles. The molecule has 0 spiro atoms. The zero-order valence-electron chi connectivity index (χ0n) is 29.4. The summed E-state index contributed by atoms with van der Waals surface area (Å²) in [6.45, 7) is 43.0. The van der Waals surface area contributed by atoms with E-state index in [1.807, 2.05) is 46.8 Å². The molecule has 0 heterocycles. The number of hydrogen-bond donors (Lipinski definition) is 0. The van der Waals surface area contributed by atoms with E-state index in [4.69, 9.17) is 0 Å². The molecule has 0 amide bonds. The Morgan fingerprint density at radius 3 is 1.67 bits per heavy atom. The molecule has 0 radical (unpaired) electrons. The van der Waals surface area contributed by atoms with Crippen molar-refractivity contribution in [3.8, 4) is 0 Å². The minimum absolute atomic E-state index is 0.500. The number of allylic oxidation sites excluding steroid dienone is 9. The Kier molecular flexibility index (Phi) is 40.2. The van der Waals surface area contributed by atoms with E-state index in [9.17, 15) is 0 Å². The first kappa shape index (κ1) is 46.5. The van der Waals surface area contributed by atoms with Gasteiger partial charge >= 0.3 is 0 Å². The van der Waals surface area contributed by atoms with Crippen LogP contribution in [0.5, 0.6) is 0 Å². The van der Waals surface area contributed by atoms with Crippen LogP contribution in [0.1, 0.15) is 134 Å². The Morgan fingerprint density at radius 2 is 1.33 bits per heavy atom. The molecule has 0 atom stereocenters. The smallest absolute Gasteiger partial charge is 0.00613 e. The number of benzene rings is 1. The summed E-state index contributed by atoms with van der Waals surface area (Å²) in [5.74, 6) is 0. The molecule has 1 rings (SSSR count). The van der Waals surface area contributed by atoms with Crippen molar-refractivity contribution in [2.24, 2.45) is 5.41 Å². The van der Waals surface area contributed by atoms with Crippen molar-refractivity contribution in [3.05, 3.63) is 108 Å². The fraction of sp³-hybridized carbons (Fsp3) is 0.538. The van der Waals surface area contributed by atoms with E-state index in [1.54, 1.807) is 0 Å². The SMILES string of the molecule is C=C/C(C)=C(\C=C\C)CC.C=C/C=C(\CCC(=C)C)Cc1ccccc1C.CC.CC.CC(C)(C)C.CCC. The van der Waals surface area contributed by atoms with Gasteiger partial charge in [0.05, 0.1) is 0 Å². The molecule has 0 aliphatic rings. The van der Waals surface area contributed by atoms with Crippen LogP contribution in [-0.4, -0.2) is 0 Å². The molecule has 0 aliphatic heterocycles. The third kappa shape index (κ3) is 40.3. The minimum Gasteiger partial charge on any atom is -0.100 e. The maximum atomic E-state index is 3.96. The van der Waals surface area contributed by atoms with Gasteiger partial charge in [0, 0.05) is 0 Å². The van der Waals surface area contributed by atoms with Crippen LogP contribution in [0.3, 0.4) is 0 Å². The quantitative estimate of drug-likeness (QED) is 0.216. The summed E-state index contributed by atoms with van der Waals surface area (Å²) in [7, 11) is 0. The lowest BCUT2D eigenvalue weighted by Gasteiger charge is -2.09. The average Bonchev–Trinajstić information content (AvgIpc) is 2.89. The van der Waals surface area contributed by atoms with Crippen molar-refractivity contribution in [2.45, 2.75) is 136 Å². The Morgan fingerprint density at radius 1 is 0.872 bits per heavy atom. The highest BCUT2D eigenvalue weighted by molar-refractivity contribution is 5.31. The van der Waals surface area contributed by atoms with Crippen LogP contribution >= 0.6 is 0 Å². The topological polar surface area (TPSA) is 0 Å². The third-order valence-corrected chi connectivity index (χ3v) is 4.47. The van der Waals surface area contributed by atoms with E-state index in [1.165, 1.54) is 39.8 Å². The molecule has 1 aromatic carbocycles. The van der Waals surface area contributed by atoms with Crippen LogP contribution in [0.15, 0.2) is 96.7 Å². The Balaban J connectivity index is -0.000000149. The van der Waals surface area contributed by atoms with Crippen LogP contribution in [0.25, 0.3) is 0 Å². The second kappa shape index (κ2) is 33.7. The zero-order valence-corrected chi connectivity index (χ0v) is 29.4. The van der Waals surface area contributed by atoms with Crippen molar-refractivity contribution >= 4 is 0 Å². The Hall–Kier alpha value is -2.34. The molecular formula is C39H70. The van der Waals surface area contributed by atoms with Gasteiger partial charge in [-0.15, -0.1) is 6.58 Å². The Bertz CT molecular complexity index is 782. The van der Waals surface area contributed by atoms with E-state index in [0.29, 0.717) is 5.41 Å². The van der Waals surface area contributed by atoms with Gasteiger partial charge in [-0.05, 0) is 81.1 Å². The number of rotatable bonds is 9. The first-order valence-corrected chi connectivity index (χ1v) is 15.2. The van der Waals surface area contributed by atoms with E-state index < -0.39 is 0 Å². The highest BCUT2D eigenvalue weighted by Gasteiger charge is 2.02. The van der Waals surface area contributed by atoms with Gasteiger partial charge in [0.15, 0.2) is 0 Å². The molecule has 0 fully saturated rings. The van der Waals surface area contributed by atoms with Gasteiger partial charge in [-0.25, -0.2) is 0 Å². The van der Waals surface area contributed by atoms with E-state index >= 15 is 0 Å². The predicted molar refractivity (Wildman–Crippen MR) is 189 cm³/mol. The van der Waals surface area contributed by atoms with Crippen molar-refractivity contribution in [1.29, 1.82) is 0 Å². The predicted octanol–water partition coefficient (Wildman–Crippen LogP) is 14.0. The molecule has 1 aromatic rings. The summed E-state index contributed by atoms with van der Waals surface area (Å²) < 4.78 is 0. The van der Waals surface area contributed by atoms with Crippen LogP contribution in [0.4, 0.5) is 0 Å². The molecule has 0 N–H and O–H groups in total. The van der Waals surface area contributed by atoms with Crippen molar-refractivity contribution in [3.63, 3.8) is 0 Å². The van der Waals surface area contributed by atoms with Crippen LogP contribution in [-0.2, 0) is 6.42 Å². The summed E-state index contributed by atoms with van der Waals surface area (Å²) in [6, 6.07) is 8.56. The first-order valence-electron chi connectivity index (χ1n) is 15.2. The zero-order chi connectivity index (χ0) is 31.9. The summed E-state index contributed by atoms with van der Waals surface area (Å²) in [5.41, 5.74) is 8.58. The molecule has 0 heteroatoms. The van der Waals surface area contributed by atoms with Gasteiger partial charge in [0.1, 0.15) is 0 Å². The van der Waals surface area contributed by atoms with E-state index in [2.05, 4.69) is 131 Å².